The van der Waals surface area contributed by atoms with Gasteiger partial charge in [-0.15, -0.1) is 0 Å². The van der Waals surface area contributed by atoms with Gasteiger partial charge in [0.05, 0.1) is 19.8 Å². The molecule has 2 rings (SSSR count). The fourth-order valence-electron chi connectivity index (χ4n) is 2.18. The quantitative estimate of drug-likeness (QED) is 0.631. The highest BCUT2D eigenvalue weighted by atomic mass is 16.5. The Balaban J connectivity index is 1.52. The normalized spacial score (nSPS) is 14.7. The van der Waals surface area contributed by atoms with Gasteiger partial charge in [0, 0.05) is 25.2 Å². The van der Waals surface area contributed by atoms with Crippen molar-refractivity contribution in [3.63, 3.8) is 0 Å². The van der Waals surface area contributed by atoms with Crippen molar-refractivity contribution in [2.45, 2.75) is 6.42 Å². The van der Waals surface area contributed by atoms with E-state index in [1.807, 2.05) is 30.3 Å². The minimum Gasteiger partial charge on any atom is -0.379 e. The van der Waals surface area contributed by atoms with Crippen LogP contribution < -0.4 is 10.6 Å². The van der Waals surface area contributed by atoms with E-state index >= 15 is 0 Å². The topological polar surface area (TPSA) is 53.6 Å². The van der Waals surface area contributed by atoms with E-state index in [1.165, 1.54) is 0 Å². The third-order valence-corrected chi connectivity index (χ3v) is 3.38. The van der Waals surface area contributed by atoms with E-state index in [0.29, 0.717) is 13.1 Å². The molecule has 1 fully saturated rings. The molecular weight excluding hydrogens is 278 g/mol. The second-order valence-electron chi connectivity index (χ2n) is 5.08. The maximum Gasteiger partial charge on any atom is 0.315 e. The molecular formula is C17H23N3O2. The summed E-state index contributed by atoms with van der Waals surface area (Å²) < 4.78 is 5.30. The van der Waals surface area contributed by atoms with Crippen molar-refractivity contribution in [2.75, 3.05) is 45.9 Å². The molecule has 22 heavy (non-hydrogen) atoms. The zero-order valence-electron chi connectivity index (χ0n) is 12.8. The van der Waals surface area contributed by atoms with Gasteiger partial charge < -0.3 is 15.4 Å². The summed E-state index contributed by atoms with van der Waals surface area (Å²) in [4.78, 5) is 13.9. The molecule has 0 radical (unpaired) electrons. The molecule has 2 amide bonds. The van der Waals surface area contributed by atoms with Gasteiger partial charge in [-0.25, -0.2) is 4.79 Å². The molecule has 0 atom stereocenters. The number of morpholine rings is 1. The Kier molecular flexibility index (Phi) is 7.30. The smallest absolute Gasteiger partial charge is 0.315 e. The summed E-state index contributed by atoms with van der Waals surface area (Å²) in [5, 5.41) is 5.58. The van der Waals surface area contributed by atoms with Crippen LogP contribution in [-0.4, -0.2) is 56.9 Å². The number of hydrogen-bond acceptors (Lipinski definition) is 3. The number of urea groups is 1. The first-order valence-corrected chi connectivity index (χ1v) is 7.70. The average molecular weight is 301 g/mol. The standard InChI is InChI=1S/C17H23N3O2/c21-17(18-9-4-8-16-6-2-1-3-7-16)19-10-5-11-20-12-14-22-15-13-20/h1-3,6-7H,5,9-15H2,(H2,18,19,21). The van der Waals surface area contributed by atoms with E-state index in [4.69, 9.17) is 4.74 Å². The number of carbonyl (C=O) groups is 1. The van der Waals surface area contributed by atoms with Crippen LogP contribution in [0.3, 0.4) is 0 Å². The molecule has 0 spiro atoms. The third-order valence-electron chi connectivity index (χ3n) is 3.38. The summed E-state index contributed by atoms with van der Waals surface area (Å²) in [7, 11) is 0. The minimum absolute atomic E-state index is 0.163. The zero-order chi connectivity index (χ0) is 15.5. The van der Waals surface area contributed by atoms with E-state index in [2.05, 4.69) is 27.4 Å². The fraction of sp³-hybridized carbons (Fsp3) is 0.471. The van der Waals surface area contributed by atoms with Crippen molar-refractivity contribution < 1.29 is 9.53 Å². The predicted molar refractivity (Wildman–Crippen MR) is 86.6 cm³/mol. The first-order chi connectivity index (χ1) is 10.8. The highest BCUT2D eigenvalue weighted by Crippen LogP contribution is 1.97. The van der Waals surface area contributed by atoms with Crippen LogP contribution in [0, 0.1) is 11.8 Å². The molecule has 1 aromatic rings. The van der Waals surface area contributed by atoms with Gasteiger partial charge in [0.25, 0.3) is 0 Å². The summed E-state index contributed by atoms with van der Waals surface area (Å²) in [5.74, 6) is 5.93. The Labute approximate surface area is 132 Å². The Morgan fingerprint density at radius 2 is 1.95 bits per heavy atom. The molecule has 118 valence electrons. The van der Waals surface area contributed by atoms with Crippen LogP contribution >= 0.6 is 0 Å². The van der Waals surface area contributed by atoms with Gasteiger partial charge in [0.2, 0.25) is 0 Å². The molecule has 0 saturated carbocycles. The molecule has 0 aliphatic carbocycles. The number of ether oxygens (including phenoxy) is 1. The molecule has 5 heteroatoms. The van der Waals surface area contributed by atoms with Gasteiger partial charge in [0.15, 0.2) is 0 Å². The zero-order valence-corrected chi connectivity index (χ0v) is 12.8. The first kappa shape index (κ1) is 16.3. The van der Waals surface area contributed by atoms with Crippen molar-refractivity contribution in [3.05, 3.63) is 35.9 Å². The van der Waals surface area contributed by atoms with Gasteiger partial charge in [-0.2, -0.15) is 0 Å². The van der Waals surface area contributed by atoms with E-state index < -0.39 is 0 Å². The lowest BCUT2D eigenvalue weighted by molar-refractivity contribution is 0.0375. The predicted octanol–water partition coefficient (Wildman–Crippen LogP) is 1.06. The summed E-state index contributed by atoms with van der Waals surface area (Å²) >= 11 is 0. The van der Waals surface area contributed by atoms with Crippen LogP contribution in [0.4, 0.5) is 4.79 Å². The second-order valence-corrected chi connectivity index (χ2v) is 5.08. The largest absolute Gasteiger partial charge is 0.379 e. The second kappa shape index (κ2) is 9.82. The van der Waals surface area contributed by atoms with Crippen LogP contribution in [0.1, 0.15) is 12.0 Å². The Morgan fingerprint density at radius 1 is 1.18 bits per heavy atom. The molecule has 1 saturated heterocycles. The van der Waals surface area contributed by atoms with Crippen molar-refractivity contribution in [1.29, 1.82) is 0 Å². The molecule has 0 bridgehead atoms. The number of nitrogens with zero attached hydrogens (tertiary/aromatic N) is 1. The number of hydrogen-bond donors (Lipinski definition) is 2. The number of amides is 2. The number of nitrogens with one attached hydrogen (secondary N) is 2. The lowest BCUT2D eigenvalue weighted by Crippen LogP contribution is -2.40. The average Bonchev–Trinajstić information content (AvgIpc) is 2.57. The summed E-state index contributed by atoms with van der Waals surface area (Å²) in [6, 6.07) is 9.56. The maximum atomic E-state index is 11.6. The van der Waals surface area contributed by atoms with Crippen LogP contribution in [0.15, 0.2) is 30.3 Å². The van der Waals surface area contributed by atoms with Gasteiger partial charge in [0.1, 0.15) is 0 Å². The fourth-order valence-corrected chi connectivity index (χ4v) is 2.18. The van der Waals surface area contributed by atoms with Crippen molar-refractivity contribution >= 4 is 6.03 Å². The van der Waals surface area contributed by atoms with Crippen LogP contribution in [0.5, 0.6) is 0 Å². The van der Waals surface area contributed by atoms with Crippen molar-refractivity contribution in [3.8, 4) is 11.8 Å². The van der Waals surface area contributed by atoms with E-state index in [-0.39, 0.29) is 6.03 Å². The van der Waals surface area contributed by atoms with Crippen LogP contribution in [-0.2, 0) is 4.74 Å². The molecule has 1 aliphatic rings. The number of rotatable bonds is 5. The number of benzene rings is 1. The minimum atomic E-state index is -0.163. The summed E-state index contributed by atoms with van der Waals surface area (Å²) in [6.45, 7) is 5.63. The molecule has 1 aliphatic heterocycles. The molecule has 1 heterocycles. The Hall–Kier alpha value is -2.03. The molecule has 5 nitrogen and oxygen atoms in total. The summed E-state index contributed by atoms with van der Waals surface area (Å²) in [6.07, 6.45) is 0.948. The lowest BCUT2D eigenvalue weighted by atomic mass is 10.2. The first-order valence-electron chi connectivity index (χ1n) is 7.70. The van der Waals surface area contributed by atoms with Gasteiger partial charge >= 0.3 is 6.03 Å². The van der Waals surface area contributed by atoms with Gasteiger partial charge in [-0.3, -0.25) is 4.90 Å². The Morgan fingerprint density at radius 3 is 2.73 bits per heavy atom. The molecule has 0 unspecified atom stereocenters. The molecule has 0 aromatic heterocycles. The van der Waals surface area contributed by atoms with Crippen molar-refractivity contribution in [1.82, 2.24) is 15.5 Å². The highest BCUT2D eigenvalue weighted by Gasteiger charge is 2.09. The van der Waals surface area contributed by atoms with E-state index in [1.54, 1.807) is 0 Å². The monoisotopic (exact) mass is 301 g/mol. The van der Waals surface area contributed by atoms with E-state index in [9.17, 15) is 4.79 Å². The molecule has 2 N–H and O–H groups in total. The maximum absolute atomic E-state index is 11.6. The summed E-state index contributed by atoms with van der Waals surface area (Å²) in [5.41, 5.74) is 0.954. The third kappa shape index (κ3) is 6.61. The van der Waals surface area contributed by atoms with Gasteiger partial charge in [-0.05, 0) is 25.1 Å². The number of carbonyl (C=O) groups excluding carboxylic acids is 1. The molecule has 1 aromatic carbocycles. The van der Waals surface area contributed by atoms with Crippen molar-refractivity contribution in [2.24, 2.45) is 0 Å². The van der Waals surface area contributed by atoms with Gasteiger partial charge in [-0.1, -0.05) is 30.0 Å². The van der Waals surface area contributed by atoms with Crippen LogP contribution in [0.2, 0.25) is 0 Å². The van der Waals surface area contributed by atoms with Crippen LogP contribution in [0.25, 0.3) is 0 Å². The highest BCUT2D eigenvalue weighted by molar-refractivity contribution is 5.74. The Bertz CT molecular complexity index is 502. The lowest BCUT2D eigenvalue weighted by Gasteiger charge is -2.26. The SMILES string of the molecule is O=C(NCC#Cc1ccccc1)NCCCN1CCOCC1. The van der Waals surface area contributed by atoms with E-state index in [0.717, 1.165) is 44.8 Å².